The van der Waals surface area contributed by atoms with Crippen molar-refractivity contribution in [3.63, 3.8) is 0 Å². The molecule has 1 saturated carbocycles. The van der Waals surface area contributed by atoms with E-state index in [0.29, 0.717) is 24.0 Å². The summed E-state index contributed by atoms with van der Waals surface area (Å²) in [5, 5.41) is 0.705. The molecule has 3 nitrogen and oxygen atoms in total. The minimum atomic E-state index is -0.481. The zero-order valence-electron chi connectivity index (χ0n) is 10.9. The van der Waals surface area contributed by atoms with Gasteiger partial charge in [0.05, 0.1) is 6.04 Å². The second-order valence-corrected chi connectivity index (χ2v) is 5.39. The summed E-state index contributed by atoms with van der Waals surface area (Å²) in [6.45, 7) is 4.23. The summed E-state index contributed by atoms with van der Waals surface area (Å²) < 4.78 is 0. The smallest absolute Gasteiger partial charge is 0.240 e. The first-order valence-corrected chi connectivity index (χ1v) is 6.91. The highest BCUT2D eigenvalue weighted by atomic mass is 35.5. The van der Waals surface area contributed by atoms with Gasteiger partial charge >= 0.3 is 0 Å². The SMILES string of the molecule is C=CCC(N)C(=O)N(Cc1ccc(Cl)cc1)C1CC1. The number of amides is 1. The van der Waals surface area contributed by atoms with Gasteiger partial charge in [0.1, 0.15) is 0 Å². The lowest BCUT2D eigenvalue weighted by atomic mass is 10.1. The number of halogens is 1. The highest BCUT2D eigenvalue weighted by molar-refractivity contribution is 6.30. The molecular weight excluding hydrogens is 260 g/mol. The molecule has 0 bridgehead atoms. The fraction of sp³-hybridized carbons (Fsp3) is 0.400. The molecule has 0 aromatic heterocycles. The van der Waals surface area contributed by atoms with E-state index >= 15 is 0 Å². The Balaban J connectivity index is 2.05. The molecule has 102 valence electrons. The van der Waals surface area contributed by atoms with Crippen molar-refractivity contribution in [1.82, 2.24) is 4.90 Å². The third kappa shape index (κ3) is 3.82. The van der Waals surface area contributed by atoms with Gasteiger partial charge in [-0.1, -0.05) is 29.8 Å². The van der Waals surface area contributed by atoms with Gasteiger partial charge in [-0.15, -0.1) is 6.58 Å². The minimum absolute atomic E-state index is 0.0114. The number of hydrogen-bond donors (Lipinski definition) is 1. The summed E-state index contributed by atoms with van der Waals surface area (Å²) in [7, 11) is 0. The quantitative estimate of drug-likeness (QED) is 0.814. The normalized spacial score (nSPS) is 15.9. The molecule has 19 heavy (non-hydrogen) atoms. The summed E-state index contributed by atoms with van der Waals surface area (Å²) >= 11 is 5.87. The maximum atomic E-state index is 12.3. The number of nitrogens with zero attached hydrogens (tertiary/aromatic N) is 1. The Kier molecular flexibility index (Phi) is 4.61. The van der Waals surface area contributed by atoms with E-state index in [2.05, 4.69) is 6.58 Å². The molecule has 1 amide bonds. The van der Waals surface area contributed by atoms with Gasteiger partial charge in [-0.2, -0.15) is 0 Å². The van der Waals surface area contributed by atoms with Gasteiger partial charge in [0.15, 0.2) is 0 Å². The number of hydrogen-bond acceptors (Lipinski definition) is 2. The van der Waals surface area contributed by atoms with Crippen LogP contribution in [0.2, 0.25) is 5.02 Å². The number of rotatable bonds is 6. The van der Waals surface area contributed by atoms with Crippen LogP contribution in [0.15, 0.2) is 36.9 Å². The van der Waals surface area contributed by atoms with Crippen molar-refractivity contribution < 1.29 is 4.79 Å². The lowest BCUT2D eigenvalue weighted by Crippen LogP contribution is -2.44. The molecule has 1 aromatic rings. The van der Waals surface area contributed by atoms with Crippen molar-refractivity contribution in [2.75, 3.05) is 0 Å². The molecule has 1 aliphatic rings. The molecule has 1 unspecified atom stereocenters. The fourth-order valence-corrected chi connectivity index (χ4v) is 2.18. The maximum Gasteiger partial charge on any atom is 0.240 e. The molecule has 0 radical (unpaired) electrons. The van der Waals surface area contributed by atoms with Crippen LogP contribution in [0.25, 0.3) is 0 Å². The zero-order valence-corrected chi connectivity index (χ0v) is 11.6. The van der Waals surface area contributed by atoms with Crippen LogP contribution in [-0.4, -0.2) is 22.9 Å². The van der Waals surface area contributed by atoms with Crippen LogP contribution in [0.5, 0.6) is 0 Å². The van der Waals surface area contributed by atoms with E-state index in [4.69, 9.17) is 17.3 Å². The van der Waals surface area contributed by atoms with E-state index in [1.165, 1.54) is 0 Å². The van der Waals surface area contributed by atoms with Crippen molar-refractivity contribution in [1.29, 1.82) is 0 Å². The first-order valence-electron chi connectivity index (χ1n) is 6.53. The van der Waals surface area contributed by atoms with Gasteiger partial charge in [0.2, 0.25) is 5.91 Å². The van der Waals surface area contributed by atoms with Crippen molar-refractivity contribution in [3.8, 4) is 0 Å². The van der Waals surface area contributed by atoms with E-state index < -0.39 is 6.04 Å². The average Bonchev–Trinajstić information content (AvgIpc) is 3.22. The summed E-state index contributed by atoms with van der Waals surface area (Å²) in [6, 6.07) is 7.45. The van der Waals surface area contributed by atoms with Gasteiger partial charge in [0.25, 0.3) is 0 Å². The van der Waals surface area contributed by atoms with Crippen molar-refractivity contribution in [3.05, 3.63) is 47.5 Å². The molecule has 2 N–H and O–H groups in total. The Labute approximate surface area is 119 Å². The highest BCUT2D eigenvalue weighted by Gasteiger charge is 2.34. The summed E-state index contributed by atoms with van der Waals surface area (Å²) in [4.78, 5) is 14.2. The van der Waals surface area contributed by atoms with Gasteiger partial charge in [-0.05, 0) is 37.0 Å². The van der Waals surface area contributed by atoms with Gasteiger partial charge in [-0.3, -0.25) is 4.79 Å². The largest absolute Gasteiger partial charge is 0.334 e. The topological polar surface area (TPSA) is 46.3 Å². The standard InChI is InChI=1S/C15H19ClN2O/c1-2-3-14(17)15(19)18(13-8-9-13)10-11-4-6-12(16)7-5-11/h2,4-7,13-14H,1,3,8-10,17H2. The van der Waals surface area contributed by atoms with Gasteiger partial charge in [0, 0.05) is 17.6 Å². The summed E-state index contributed by atoms with van der Waals surface area (Å²) in [5.41, 5.74) is 6.97. The van der Waals surface area contributed by atoms with Crippen LogP contribution in [0.4, 0.5) is 0 Å². The van der Waals surface area contributed by atoms with E-state index in [0.717, 1.165) is 18.4 Å². The lowest BCUT2D eigenvalue weighted by molar-refractivity contribution is -0.133. The zero-order chi connectivity index (χ0) is 13.8. The number of nitrogens with two attached hydrogens (primary N) is 1. The van der Waals surface area contributed by atoms with Crippen LogP contribution < -0.4 is 5.73 Å². The highest BCUT2D eigenvalue weighted by Crippen LogP contribution is 2.29. The summed E-state index contributed by atoms with van der Waals surface area (Å²) in [6.07, 6.45) is 4.35. The van der Waals surface area contributed by atoms with Crippen LogP contribution in [-0.2, 0) is 11.3 Å². The van der Waals surface area contributed by atoms with Crippen molar-refractivity contribution >= 4 is 17.5 Å². The lowest BCUT2D eigenvalue weighted by Gasteiger charge is -2.25. The van der Waals surface area contributed by atoms with E-state index in [1.807, 2.05) is 29.2 Å². The molecule has 2 rings (SSSR count). The molecule has 0 spiro atoms. The number of benzene rings is 1. The molecule has 0 heterocycles. The van der Waals surface area contributed by atoms with E-state index in [-0.39, 0.29) is 5.91 Å². The Morgan fingerprint density at radius 2 is 2.11 bits per heavy atom. The Morgan fingerprint density at radius 1 is 1.47 bits per heavy atom. The van der Waals surface area contributed by atoms with Crippen LogP contribution in [0.1, 0.15) is 24.8 Å². The molecule has 1 atom stereocenters. The molecule has 4 heteroatoms. The van der Waals surface area contributed by atoms with E-state index in [1.54, 1.807) is 6.08 Å². The second-order valence-electron chi connectivity index (χ2n) is 4.95. The average molecular weight is 279 g/mol. The predicted molar refractivity (Wildman–Crippen MR) is 77.8 cm³/mol. The Hall–Kier alpha value is -1.32. The first-order chi connectivity index (χ1) is 9.11. The monoisotopic (exact) mass is 278 g/mol. The maximum absolute atomic E-state index is 12.3. The van der Waals surface area contributed by atoms with Gasteiger partial charge < -0.3 is 10.6 Å². The molecular formula is C15H19ClN2O. The number of carbonyl (C=O) groups excluding carboxylic acids is 1. The van der Waals surface area contributed by atoms with Crippen LogP contribution >= 0.6 is 11.6 Å². The van der Waals surface area contributed by atoms with Crippen LogP contribution in [0.3, 0.4) is 0 Å². The predicted octanol–water partition coefficient (Wildman–Crippen LogP) is 2.73. The number of carbonyl (C=O) groups is 1. The molecule has 1 aliphatic carbocycles. The Morgan fingerprint density at radius 3 is 2.63 bits per heavy atom. The molecule has 1 aromatic carbocycles. The molecule has 0 saturated heterocycles. The molecule has 0 aliphatic heterocycles. The van der Waals surface area contributed by atoms with Crippen molar-refractivity contribution in [2.24, 2.45) is 5.73 Å². The van der Waals surface area contributed by atoms with Crippen molar-refractivity contribution in [2.45, 2.75) is 37.9 Å². The van der Waals surface area contributed by atoms with E-state index in [9.17, 15) is 4.79 Å². The first kappa shape index (κ1) is 14.1. The third-order valence-corrected chi connectivity index (χ3v) is 3.53. The minimum Gasteiger partial charge on any atom is -0.334 e. The molecule has 1 fully saturated rings. The third-order valence-electron chi connectivity index (χ3n) is 3.27. The second kappa shape index (κ2) is 6.22. The summed E-state index contributed by atoms with van der Waals surface area (Å²) in [5.74, 6) is 0.0114. The Bertz CT molecular complexity index is 454. The fourth-order valence-electron chi connectivity index (χ4n) is 2.05. The van der Waals surface area contributed by atoms with Crippen LogP contribution in [0, 0.1) is 0 Å². The van der Waals surface area contributed by atoms with Gasteiger partial charge in [-0.25, -0.2) is 0 Å².